The third-order valence-electron chi connectivity index (χ3n) is 5.51. The minimum absolute atomic E-state index is 0.00576. The number of ether oxygens (including phenoxy) is 1. The highest BCUT2D eigenvalue weighted by atomic mass is 32.2. The van der Waals surface area contributed by atoms with Crippen molar-refractivity contribution in [1.29, 1.82) is 0 Å². The molecule has 0 fully saturated rings. The Morgan fingerprint density at radius 2 is 1.61 bits per heavy atom. The predicted molar refractivity (Wildman–Crippen MR) is 129 cm³/mol. The molecule has 0 radical (unpaired) electrons. The molecule has 0 heterocycles. The largest absolute Gasteiger partial charge is 0.480 e. The van der Waals surface area contributed by atoms with Crippen LogP contribution in [0.2, 0.25) is 0 Å². The van der Waals surface area contributed by atoms with Crippen LogP contribution < -0.4 is 10.6 Å². The van der Waals surface area contributed by atoms with Crippen LogP contribution in [-0.2, 0) is 14.3 Å². The van der Waals surface area contributed by atoms with Gasteiger partial charge in [0.25, 0.3) is 0 Å². The number of carboxylic acid groups (broad SMARTS) is 1. The molecular formula is C25H30N2O5S. The van der Waals surface area contributed by atoms with Crippen molar-refractivity contribution in [1.82, 2.24) is 10.6 Å². The molecule has 1 aliphatic rings. The van der Waals surface area contributed by atoms with Gasteiger partial charge in [0.15, 0.2) is 0 Å². The highest BCUT2D eigenvalue weighted by Crippen LogP contribution is 2.44. The van der Waals surface area contributed by atoms with Crippen molar-refractivity contribution in [3.8, 4) is 11.1 Å². The Kier molecular flexibility index (Phi) is 8.02. The maximum atomic E-state index is 12.2. The molecule has 7 nitrogen and oxygen atoms in total. The third-order valence-corrected chi connectivity index (χ3v) is 6.47. The fourth-order valence-electron chi connectivity index (χ4n) is 3.89. The molecule has 3 rings (SSSR count). The average Bonchev–Trinajstić information content (AvgIpc) is 3.08. The van der Waals surface area contributed by atoms with Crippen LogP contribution in [0.3, 0.4) is 0 Å². The minimum Gasteiger partial charge on any atom is -0.480 e. The summed E-state index contributed by atoms with van der Waals surface area (Å²) in [5.74, 6) is -0.774. The molecule has 1 unspecified atom stereocenters. The zero-order valence-electron chi connectivity index (χ0n) is 19.1. The lowest BCUT2D eigenvalue weighted by Gasteiger charge is -2.27. The lowest BCUT2D eigenvalue weighted by atomic mass is 9.87. The van der Waals surface area contributed by atoms with E-state index in [1.54, 1.807) is 20.8 Å². The van der Waals surface area contributed by atoms with Crippen molar-refractivity contribution in [3.63, 3.8) is 0 Å². The van der Waals surface area contributed by atoms with Gasteiger partial charge in [-0.15, -0.1) is 0 Å². The van der Waals surface area contributed by atoms with Crippen molar-refractivity contribution in [2.45, 2.75) is 32.7 Å². The Bertz CT molecular complexity index is 972. The maximum absolute atomic E-state index is 12.2. The standard InChI is InChI=1S/C25H30N2O5S/c1-25(2,3)22(23(29)30)27-21(28)15-33-13-12-26-24(31)32-14-20-18-10-6-4-8-16(18)17-9-5-7-11-19(17)20/h4-11,20,22H,12-15H2,1-3H3,(H,26,31)(H,27,28)(H,29,30). The number of benzene rings is 2. The Hall–Kier alpha value is -3.00. The van der Waals surface area contributed by atoms with Gasteiger partial charge in [0.05, 0.1) is 5.75 Å². The summed E-state index contributed by atoms with van der Waals surface area (Å²) in [6.07, 6.45) is -0.499. The number of aliphatic carboxylic acids is 1. The van der Waals surface area contributed by atoms with E-state index in [0.29, 0.717) is 12.3 Å². The molecule has 0 saturated heterocycles. The molecule has 0 bridgehead atoms. The molecule has 0 aromatic heterocycles. The summed E-state index contributed by atoms with van der Waals surface area (Å²) in [4.78, 5) is 35.6. The van der Waals surface area contributed by atoms with Crippen LogP contribution in [-0.4, -0.2) is 53.8 Å². The molecule has 2 aromatic carbocycles. The topological polar surface area (TPSA) is 105 Å². The number of amides is 2. The van der Waals surface area contributed by atoms with Crippen molar-refractivity contribution in [3.05, 3.63) is 59.7 Å². The Morgan fingerprint density at radius 1 is 1.03 bits per heavy atom. The summed E-state index contributed by atoms with van der Waals surface area (Å²) in [6, 6.07) is 15.3. The summed E-state index contributed by atoms with van der Waals surface area (Å²) in [6.45, 7) is 5.88. The van der Waals surface area contributed by atoms with E-state index in [9.17, 15) is 19.5 Å². The van der Waals surface area contributed by atoms with Gasteiger partial charge >= 0.3 is 12.1 Å². The van der Waals surface area contributed by atoms with Crippen LogP contribution in [0.1, 0.15) is 37.8 Å². The highest BCUT2D eigenvalue weighted by Gasteiger charge is 2.32. The fraction of sp³-hybridized carbons (Fsp3) is 0.400. The molecule has 2 amide bonds. The van der Waals surface area contributed by atoms with Crippen LogP contribution in [0.15, 0.2) is 48.5 Å². The van der Waals surface area contributed by atoms with E-state index in [-0.39, 0.29) is 24.2 Å². The molecule has 1 aliphatic carbocycles. The number of carbonyl (C=O) groups is 3. The second-order valence-corrected chi connectivity index (χ2v) is 10.1. The van der Waals surface area contributed by atoms with Gasteiger partial charge in [0.1, 0.15) is 12.6 Å². The lowest BCUT2D eigenvalue weighted by Crippen LogP contribution is -2.49. The van der Waals surface area contributed by atoms with Crippen LogP contribution >= 0.6 is 11.8 Å². The van der Waals surface area contributed by atoms with Gasteiger partial charge in [-0.2, -0.15) is 11.8 Å². The number of hydrogen-bond acceptors (Lipinski definition) is 5. The van der Waals surface area contributed by atoms with Crippen molar-refractivity contribution >= 4 is 29.7 Å². The first-order valence-electron chi connectivity index (χ1n) is 10.9. The van der Waals surface area contributed by atoms with Gasteiger partial charge in [0, 0.05) is 18.2 Å². The summed E-state index contributed by atoms with van der Waals surface area (Å²) in [7, 11) is 0. The number of carboxylic acids is 1. The summed E-state index contributed by atoms with van der Waals surface area (Å²) < 4.78 is 5.48. The number of thioether (sulfide) groups is 1. The second kappa shape index (κ2) is 10.7. The molecule has 2 aromatic rings. The zero-order chi connectivity index (χ0) is 24.0. The summed E-state index contributed by atoms with van der Waals surface area (Å²) in [5.41, 5.74) is 4.07. The van der Waals surface area contributed by atoms with Crippen molar-refractivity contribution < 1.29 is 24.2 Å². The lowest BCUT2D eigenvalue weighted by molar-refractivity contribution is -0.144. The van der Waals surface area contributed by atoms with Crippen LogP contribution in [0.4, 0.5) is 4.79 Å². The molecular weight excluding hydrogens is 440 g/mol. The monoisotopic (exact) mass is 470 g/mol. The van der Waals surface area contributed by atoms with E-state index in [0.717, 1.165) is 11.1 Å². The van der Waals surface area contributed by atoms with Crippen molar-refractivity contribution in [2.24, 2.45) is 5.41 Å². The number of hydrogen-bond donors (Lipinski definition) is 3. The van der Waals surface area contributed by atoms with E-state index >= 15 is 0 Å². The Labute approximate surface area is 198 Å². The van der Waals surface area contributed by atoms with Gasteiger partial charge < -0.3 is 20.5 Å². The first kappa shape index (κ1) is 24.6. The van der Waals surface area contributed by atoms with Gasteiger partial charge in [-0.3, -0.25) is 4.79 Å². The highest BCUT2D eigenvalue weighted by molar-refractivity contribution is 7.99. The molecule has 8 heteroatoms. The second-order valence-electron chi connectivity index (χ2n) is 9.01. The molecule has 1 atom stereocenters. The van der Waals surface area contributed by atoms with Gasteiger partial charge in [-0.1, -0.05) is 69.3 Å². The van der Waals surface area contributed by atoms with E-state index in [1.807, 2.05) is 24.3 Å². The normalized spacial score (nSPS) is 13.5. The Balaban J connectivity index is 1.39. The maximum Gasteiger partial charge on any atom is 0.407 e. The first-order chi connectivity index (χ1) is 15.7. The van der Waals surface area contributed by atoms with Crippen LogP contribution in [0, 0.1) is 5.41 Å². The first-order valence-corrected chi connectivity index (χ1v) is 12.0. The van der Waals surface area contributed by atoms with Gasteiger partial charge in [0.2, 0.25) is 5.91 Å². The van der Waals surface area contributed by atoms with E-state index < -0.39 is 23.5 Å². The molecule has 3 N–H and O–H groups in total. The molecule has 0 spiro atoms. The molecule has 176 valence electrons. The smallest absolute Gasteiger partial charge is 0.407 e. The zero-order valence-corrected chi connectivity index (χ0v) is 19.9. The number of rotatable bonds is 9. The molecule has 0 saturated carbocycles. The Morgan fingerprint density at radius 3 is 2.15 bits per heavy atom. The van der Waals surface area contributed by atoms with E-state index in [1.165, 1.54) is 22.9 Å². The fourth-order valence-corrected chi connectivity index (χ4v) is 4.55. The van der Waals surface area contributed by atoms with E-state index in [4.69, 9.17) is 4.74 Å². The number of alkyl carbamates (subject to hydrolysis) is 1. The SMILES string of the molecule is CC(C)(C)C(NC(=O)CSCCNC(=O)OCC1c2ccccc2-c2ccccc21)C(=O)O. The summed E-state index contributed by atoms with van der Waals surface area (Å²) in [5, 5.41) is 14.5. The quantitative estimate of drug-likeness (QED) is 0.481. The van der Waals surface area contributed by atoms with Crippen molar-refractivity contribution in [2.75, 3.05) is 24.7 Å². The van der Waals surface area contributed by atoms with E-state index in [2.05, 4.69) is 34.9 Å². The number of fused-ring (bicyclic) bond motifs is 3. The third kappa shape index (κ3) is 6.28. The number of nitrogens with one attached hydrogen (secondary N) is 2. The number of carbonyl (C=O) groups excluding carboxylic acids is 2. The van der Waals surface area contributed by atoms with Gasteiger partial charge in [-0.25, -0.2) is 9.59 Å². The summed E-state index contributed by atoms with van der Waals surface area (Å²) >= 11 is 1.32. The van der Waals surface area contributed by atoms with Gasteiger partial charge in [-0.05, 0) is 27.7 Å². The predicted octanol–water partition coefficient (Wildman–Crippen LogP) is 3.87. The molecule has 0 aliphatic heterocycles. The average molecular weight is 471 g/mol. The van der Waals surface area contributed by atoms with Crippen LogP contribution in [0.5, 0.6) is 0 Å². The molecule has 33 heavy (non-hydrogen) atoms. The van der Waals surface area contributed by atoms with Crippen LogP contribution in [0.25, 0.3) is 11.1 Å². The minimum atomic E-state index is -1.06.